The van der Waals surface area contributed by atoms with E-state index in [4.69, 9.17) is 15.2 Å². The van der Waals surface area contributed by atoms with Gasteiger partial charge in [-0.05, 0) is 12.8 Å². The van der Waals surface area contributed by atoms with Gasteiger partial charge in [0.05, 0.1) is 6.42 Å². The van der Waals surface area contributed by atoms with E-state index in [1.54, 1.807) is 6.92 Å². The largest absolute Gasteiger partial charge is 0.462 e. The van der Waals surface area contributed by atoms with E-state index in [1.165, 1.54) is 0 Å². The van der Waals surface area contributed by atoms with Crippen molar-refractivity contribution in [3.63, 3.8) is 0 Å². The third-order valence-electron chi connectivity index (χ3n) is 2.67. The molecular formula is C14H28N2O4. The Bertz CT molecular complexity index is 306. The minimum atomic E-state index is -0.650. The van der Waals surface area contributed by atoms with E-state index in [-0.39, 0.29) is 18.5 Å². The highest BCUT2D eigenvalue weighted by atomic mass is 16.6. The fourth-order valence-electron chi connectivity index (χ4n) is 1.33. The van der Waals surface area contributed by atoms with Crippen molar-refractivity contribution < 1.29 is 19.1 Å². The second-order valence-electron chi connectivity index (χ2n) is 5.56. The minimum Gasteiger partial charge on any atom is -0.462 e. The summed E-state index contributed by atoms with van der Waals surface area (Å²) in [5.41, 5.74) is 5.67. The molecule has 0 aromatic carbocycles. The smallest absolute Gasteiger partial charge is 0.323 e. The maximum atomic E-state index is 11.6. The topological polar surface area (TPSA) is 90.6 Å². The summed E-state index contributed by atoms with van der Waals surface area (Å²) in [5, 5.41) is 3.12. The van der Waals surface area contributed by atoms with Crippen molar-refractivity contribution in [3.8, 4) is 0 Å². The summed E-state index contributed by atoms with van der Waals surface area (Å²) in [5.74, 6) is -0.765. The fourth-order valence-corrected chi connectivity index (χ4v) is 1.33. The van der Waals surface area contributed by atoms with Gasteiger partial charge >= 0.3 is 11.9 Å². The molecule has 2 atom stereocenters. The molecule has 0 heterocycles. The standard InChI is InChI=1S/C14H28N2O4/c1-9(2)13(15)14(18)20-11(5)8-19-12(17)6-7-16-10(3)4/h9-11,13,16H,6-8,15H2,1-5H3/t11?,13-/m0/s1. The lowest BCUT2D eigenvalue weighted by Gasteiger charge is -2.18. The number of hydrogen-bond acceptors (Lipinski definition) is 6. The maximum Gasteiger partial charge on any atom is 0.323 e. The van der Waals surface area contributed by atoms with E-state index in [0.29, 0.717) is 19.0 Å². The average Bonchev–Trinajstić information content (AvgIpc) is 2.34. The van der Waals surface area contributed by atoms with Gasteiger partial charge in [-0.1, -0.05) is 27.7 Å². The summed E-state index contributed by atoms with van der Waals surface area (Å²) < 4.78 is 10.1. The van der Waals surface area contributed by atoms with Gasteiger partial charge in [0.1, 0.15) is 18.8 Å². The molecule has 0 saturated carbocycles. The molecule has 0 fully saturated rings. The van der Waals surface area contributed by atoms with Gasteiger partial charge in [-0.2, -0.15) is 0 Å². The summed E-state index contributed by atoms with van der Waals surface area (Å²) in [4.78, 5) is 23.0. The first-order valence-corrected chi connectivity index (χ1v) is 7.09. The minimum absolute atomic E-state index is 0.0133. The lowest BCUT2D eigenvalue weighted by atomic mass is 10.1. The number of esters is 2. The van der Waals surface area contributed by atoms with Crippen molar-refractivity contribution in [2.75, 3.05) is 13.2 Å². The number of ether oxygens (including phenoxy) is 2. The van der Waals surface area contributed by atoms with Crippen molar-refractivity contribution in [2.24, 2.45) is 11.7 Å². The molecule has 118 valence electrons. The third kappa shape index (κ3) is 8.87. The van der Waals surface area contributed by atoms with Crippen LogP contribution in [0.4, 0.5) is 0 Å². The summed E-state index contributed by atoms with van der Waals surface area (Å²) in [6.45, 7) is 10.00. The number of nitrogens with two attached hydrogens (primary N) is 1. The highest BCUT2D eigenvalue weighted by molar-refractivity contribution is 5.76. The van der Waals surface area contributed by atoms with Gasteiger partial charge in [-0.25, -0.2) is 0 Å². The SMILES string of the molecule is CC(C)NCCC(=O)OCC(C)OC(=O)[C@@H](N)C(C)C. The van der Waals surface area contributed by atoms with E-state index in [1.807, 2.05) is 27.7 Å². The average molecular weight is 288 g/mol. The van der Waals surface area contributed by atoms with Crippen LogP contribution < -0.4 is 11.1 Å². The molecular weight excluding hydrogens is 260 g/mol. The number of nitrogens with one attached hydrogen (secondary N) is 1. The van der Waals surface area contributed by atoms with E-state index in [0.717, 1.165) is 0 Å². The summed E-state index contributed by atoms with van der Waals surface area (Å²) >= 11 is 0. The normalized spacial score (nSPS) is 14.2. The Balaban J connectivity index is 3.84. The van der Waals surface area contributed by atoms with Crippen molar-refractivity contribution >= 4 is 11.9 Å². The molecule has 0 rings (SSSR count). The highest BCUT2D eigenvalue weighted by Crippen LogP contribution is 2.03. The van der Waals surface area contributed by atoms with Crippen LogP contribution in [0.25, 0.3) is 0 Å². The predicted octanol–water partition coefficient (Wildman–Crippen LogP) is 0.833. The van der Waals surface area contributed by atoms with E-state index in [2.05, 4.69) is 5.32 Å². The number of rotatable bonds is 9. The van der Waals surface area contributed by atoms with Crippen LogP contribution in [-0.2, 0) is 19.1 Å². The van der Waals surface area contributed by atoms with Crippen LogP contribution in [0.1, 0.15) is 41.0 Å². The number of hydrogen-bond donors (Lipinski definition) is 2. The zero-order valence-electron chi connectivity index (χ0n) is 13.1. The predicted molar refractivity (Wildman–Crippen MR) is 77.1 cm³/mol. The van der Waals surface area contributed by atoms with Crippen LogP contribution in [0.5, 0.6) is 0 Å². The van der Waals surface area contributed by atoms with Gasteiger partial charge < -0.3 is 20.5 Å². The monoisotopic (exact) mass is 288 g/mol. The van der Waals surface area contributed by atoms with Gasteiger partial charge in [0.15, 0.2) is 0 Å². The Morgan fingerprint density at radius 2 is 1.75 bits per heavy atom. The molecule has 0 amide bonds. The van der Waals surface area contributed by atoms with Crippen LogP contribution in [0.2, 0.25) is 0 Å². The van der Waals surface area contributed by atoms with Gasteiger partial charge in [-0.3, -0.25) is 9.59 Å². The second kappa shape index (κ2) is 9.72. The third-order valence-corrected chi connectivity index (χ3v) is 2.67. The molecule has 0 radical (unpaired) electrons. The Kier molecular flexibility index (Phi) is 9.16. The first-order chi connectivity index (χ1) is 9.23. The molecule has 0 aromatic rings. The Labute approximate surface area is 121 Å². The summed E-state index contributed by atoms with van der Waals surface area (Å²) in [7, 11) is 0. The lowest BCUT2D eigenvalue weighted by molar-refractivity contribution is -0.159. The van der Waals surface area contributed by atoms with Gasteiger partial charge in [0.25, 0.3) is 0 Å². The van der Waals surface area contributed by atoms with Gasteiger partial charge in [-0.15, -0.1) is 0 Å². The molecule has 0 aliphatic heterocycles. The molecule has 6 heteroatoms. The zero-order chi connectivity index (χ0) is 15.7. The molecule has 3 N–H and O–H groups in total. The first-order valence-electron chi connectivity index (χ1n) is 7.09. The highest BCUT2D eigenvalue weighted by Gasteiger charge is 2.21. The Hall–Kier alpha value is -1.14. The molecule has 0 aliphatic carbocycles. The lowest BCUT2D eigenvalue weighted by Crippen LogP contribution is -2.39. The first kappa shape index (κ1) is 18.9. The summed E-state index contributed by atoms with van der Waals surface area (Å²) in [6.07, 6.45) is -0.195. The van der Waals surface area contributed by atoms with Crippen LogP contribution in [0.15, 0.2) is 0 Å². The quantitative estimate of drug-likeness (QED) is 0.611. The fraction of sp³-hybridized carbons (Fsp3) is 0.857. The number of carbonyl (C=O) groups is 2. The summed E-state index contributed by atoms with van der Waals surface area (Å²) in [6, 6.07) is -0.316. The van der Waals surface area contributed by atoms with Crippen molar-refractivity contribution in [3.05, 3.63) is 0 Å². The van der Waals surface area contributed by atoms with Crippen molar-refractivity contribution in [2.45, 2.75) is 59.2 Å². The molecule has 1 unspecified atom stereocenters. The van der Waals surface area contributed by atoms with Crippen LogP contribution in [0, 0.1) is 5.92 Å². The number of carbonyl (C=O) groups excluding carboxylic acids is 2. The zero-order valence-corrected chi connectivity index (χ0v) is 13.1. The molecule has 0 bridgehead atoms. The molecule has 0 aromatic heterocycles. The van der Waals surface area contributed by atoms with Gasteiger partial charge in [0, 0.05) is 12.6 Å². The van der Waals surface area contributed by atoms with E-state index >= 15 is 0 Å². The van der Waals surface area contributed by atoms with Crippen LogP contribution >= 0.6 is 0 Å². The molecule has 0 saturated heterocycles. The van der Waals surface area contributed by atoms with Crippen LogP contribution in [0.3, 0.4) is 0 Å². The van der Waals surface area contributed by atoms with E-state index < -0.39 is 18.1 Å². The second-order valence-corrected chi connectivity index (χ2v) is 5.56. The van der Waals surface area contributed by atoms with Crippen molar-refractivity contribution in [1.29, 1.82) is 0 Å². The van der Waals surface area contributed by atoms with E-state index in [9.17, 15) is 9.59 Å². The Morgan fingerprint density at radius 1 is 1.15 bits per heavy atom. The Morgan fingerprint density at radius 3 is 2.25 bits per heavy atom. The van der Waals surface area contributed by atoms with Crippen LogP contribution in [-0.4, -0.2) is 43.3 Å². The molecule has 20 heavy (non-hydrogen) atoms. The maximum absolute atomic E-state index is 11.6. The molecule has 0 spiro atoms. The molecule has 6 nitrogen and oxygen atoms in total. The molecule has 0 aliphatic rings. The van der Waals surface area contributed by atoms with Crippen molar-refractivity contribution in [1.82, 2.24) is 5.32 Å². The van der Waals surface area contributed by atoms with Gasteiger partial charge in [0.2, 0.25) is 0 Å².